The lowest BCUT2D eigenvalue weighted by Crippen LogP contribution is -2.21. The summed E-state index contributed by atoms with van der Waals surface area (Å²) >= 11 is 0. The predicted molar refractivity (Wildman–Crippen MR) is 123 cm³/mol. The molecule has 4 rings (SSSR count). The summed E-state index contributed by atoms with van der Waals surface area (Å²) in [6.45, 7) is 0. The highest BCUT2D eigenvalue weighted by Gasteiger charge is 2.38. The topological polar surface area (TPSA) is 109 Å². The van der Waals surface area contributed by atoms with Crippen molar-refractivity contribution in [2.45, 2.75) is 6.18 Å². The van der Waals surface area contributed by atoms with E-state index in [0.29, 0.717) is 5.69 Å². The number of halogens is 3. The first kappa shape index (κ1) is 24.6. The molecular weight excluding hydrogens is 471 g/mol. The zero-order valence-electron chi connectivity index (χ0n) is 17.6. The minimum atomic E-state index is -5.08. The van der Waals surface area contributed by atoms with Crippen LogP contribution in [0.2, 0.25) is 0 Å². The average molecular weight is 489 g/mol. The highest BCUT2D eigenvalue weighted by molar-refractivity contribution is 7.92. The molecule has 0 aliphatic heterocycles. The van der Waals surface area contributed by atoms with Gasteiger partial charge in [0.1, 0.15) is 0 Å². The second-order valence-electron chi connectivity index (χ2n) is 7.09. The van der Waals surface area contributed by atoms with Crippen molar-refractivity contribution in [2.75, 3.05) is 11.0 Å². The van der Waals surface area contributed by atoms with Crippen molar-refractivity contribution in [3.05, 3.63) is 79.3 Å². The first-order valence-corrected chi connectivity index (χ1v) is 11.5. The van der Waals surface area contributed by atoms with Crippen LogP contribution in [0.5, 0.6) is 0 Å². The van der Waals surface area contributed by atoms with Crippen LogP contribution in [0, 0.1) is 0 Å². The minimum absolute atomic E-state index is 0.533. The van der Waals surface area contributed by atoms with Gasteiger partial charge in [-0.05, 0) is 41.5 Å². The van der Waals surface area contributed by atoms with Crippen LogP contribution in [0.25, 0.3) is 33.2 Å². The molecule has 2 aromatic carbocycles. The van der Waals surface area contributed by atoms with Crippen LogP contribution in [-0.2, 0) is 14.8 Å². The Kier molecular flexibility index (Phi) is 7.16. The lowest BCUT2D eigenvalue weighted by molar-refractivity contribution is -0.192. The number of carboxylic acids is 1. The number of nitrogens with one attached hydrogen (secondary N) is 1. The quantitative estimate of drug-likeness (QED) is 0.419. The number of nitrogens with zero attached hydrogens (tertiary/aromatic N) is 2. The van der Waals surface area contributed by atoms with Gasteiger partial charge in [0.2, 0.25) is 10.0 Å². The Morgan fingerprint density at radius 1 is 0.941 bits per heavy atom. The second-order valence-corrected chi connectivity index (χ2v) is 8.84. The van der Waals surface area contributed by atoms with Crippen molar-refractivity contribution >= 4 is 32.6 Å². The molecule has 11 heteroatoms. The Balaban J connectivity index is 0.000000406. The molecule has 0 aliphatic rings. The fraction of sp³-hybridized carbons (Fsp3) is 0.0870. The molecule has 34 heavy (non-hydrogen) atoms. The zero-order valence-corrected chi connectivity index (χ0v) is 18.4. The number of pyridine rings is 2. The number of rotatable bonds is 4. The maximum absolute atomic E-state index is 11.3. The van der Waals surface area contributed by atoms with Crippen LogP contribution in [0.15, 0.2) is 79.3 Å². The van der Waals surface area contributed by atoms with E-state index in [9.17, 15) is 21.6 Å². The normalized spacial score (nSPS) is 11.4. The van der Waals surface area contributed by atoms with Gasteiger partial charge in [-0.1, -0.05) is 30.3 Å². The predicted octanol–water partition coefficient (Wildman–Crippen LogP) is 4.97. The van der Waals surface area contributed by atoms with Crippen LogP contribution in [0.1, 0.15) is 0 Å². The number of carbonyl (C=O) groups is 1. The molecule has 0 unspecified atom stereocenters. The number of fused-ring (bicyclic) bond motifs is 1. The lowest BCUT2D eigenvalue weighted by Gasteiger charge is -2.09. The van der Waals surface area contributed by atoms with Crippen LogP contribution >= 0.6 is 0 Å². The molecule has 0 radical (unpaired) electrons. The monoisotopic (exact) mass is 489 g/mol. The van der Waals surface area contributed by atoms with Gasteiger partial charge in [-0.2, -0.15) is 13.2 Å². The number of hydrogen-bond acceptors (Lipinski definition) is 5. The standard InChI is InChI=1S/C21H17N3O2S.C2HF3O2/c1-27(25,26)24-18-9-7-15(8-10-18)17-12-20-19(16-4-3-11-22-13-16)5-2-6-21(20)23-14-17;3-2(4,5)1(6)7/h2-14,24H,1H3;(H,6,7). The van der Waals surface area contributed by atoms with Crippen molar-refractivity contribution < 1.29 is 31.5 Å². The number of alkyl halides is 3. The molecule has 2 N–H and O–H groups in total. The van der Waals surface area contributed by atoms with Gasteiger partial charge in [0.15, 0.2) is 0 Å². The first-order chi connectivity index (χ1) is 15.9. The molecule has 0 bridgehead atoms. The van der Waals surface area contributed by atoms with Gasteiger partial charge in [0.05, 0.1) is 11.8 Å². The van der Waals surface area contributed by atoms with Crippen molar-refractivity contribution in [1.82, 2.24) is 9.97 Å². The van der Waals surface area contributed by atoms with Crippen LogP contribution in [0.4, 0.5) is 18.9 Å². The summed E-state index contributed by atoms with van der Waals surface area (Å²) in [4.78, 5) is 17.7. The Morgan fingerprint density at radius 2 is 1.62 bits per heavy atom. The third kappa shape index (κ3) is 6.51. The molecule has 0 saturated carbocycles. The molecule has 0 atom stereocenters. The smallest absolute Gasteiger partial charge is 0.475 e. The summed E-state index contributed by atoms with van der Waals surface area (Å²) in [5.74, 6) is -2.76. The SMILES string of the molecule is CS(=O)(=O)Nc1ccc(-c2cnc3cccc(-c4cccnc4)c3c2)cc1.O=C(O)C(F)(F)F. The fourth-order valence-corrected chi connectivity index (χ4v) is 3.59. The van der Waals surface area contributed by atoms with E-state index in [4.69, 9.17) is 9.90 Å². The maximum Gasteiger partial charge on any atom is 0.490 e. The second kappa shape index (κ2) is 9.87. The zero-order chi connectivity index (χ0) is 24.9. The van der Waals surface area contributed by atoms with Crippen molar-refractivity contribution in [3.8, 4) is 22.3 Å². The largest absolute Gasteiger partial charge is 0.490 e. The van der Waals surface area contributed by atoms with Crippen LogP contribution in [0.3, 0.4) is 0 Å². The Hall–Kier alpha value is -3.99. The van der Waals surface area contributed by atoms with Gasteiger partial charge >= 0.3 is 12.1 Å². The van der Waals surface area contributed by atoms with Gasteiger partial charge in [-0.15, -0.1) is 0 Å². The summed E-state index contributed by atoms with van der Waals surface area (Å²) in [7, 11) is -3.29. The van der Waals surface area contributed by atoms with Gasteiger partial charge in [0.25, 0.3) is 0 Å². The van der Waals surface area contributed by atoms with Crippen LogP contribution in [-0.4, -0.2) is 41.9 Å². The number of carboxylic acid groups (broad SMARTS) is 1. The van der Waals surface area contributed by atoms with Gasteiger partial charge in [-0.25, -0.2) is 13.2 Å². The van der Waals surface area contributed by atoms with E-state index in [1.165, 1.54) is 0 Å². The van der Waals surface area contributed by atoms with Crippen molar-refractivity contribution in [3.63, 3.8) is 0 Å². The third-order valence-electron chi connectivity index (χ3n) is 4.46. The Morgan fingerprint density at radius 3 is 2.18 bits per heavy atom. The number of aliphatic carboxylic acids is 1. The molecular formula is C23H18F3N3O4S. The van der Waals surface area contributed by atoms with Gasteiger partial charge < -0.3 is 5.11 Å². The molecule has 4 aromatic rings. The summed E-state index contributed by atoms with van der Waals surface area (Å²) in [6, 6.07) is 19.3. The number of hydrogen-bond donors (Lipinski definition) is 2. The molecule has 0 fully saturated rings. The molecule has 0 saturated heterocycles. The van der Waals surface area contributed by atoms with E-state index < -0.39 is 22.2 Å². The molecule has 0 amide bonds. The molecule has 7 nitrogen and oxygen atoms in total. The Bertz CT molecular complexity index is 1410. The minimum Gasteiger partial charge on any atom is -0.475 e. The van der Waals surface area contributed by atoms with E-state index in [2.05, 4.69) is 26.8 Å². The molecule has 0 aliphatic carbocycles. The number of benzene rings is 2. The lowest BCUT2D eigenvalue weighted by atomic mass is 9.99. The first-order valence-electron chi connectivity index (χ1n) is 9.61. The molecule has 0 spiro atoms. The fourth-order valence-electron chi connectivity index (χ4n) is 3.03. The van der Waals surface area contributed by atoms with Gasteiger partial charge in [0, 0.05) is 40.8 Å². The van der Waals surface area contributed by atoms with E-state index >= 15 is 0 Å². The van der Waals surface area contributed by atoms with Crippen LogP contribution < -0.4 is 4.72 Å². The summed E-state index contributed by atoms with van der Waals surface area (Å²) < 4.78 is 56.9. The molecule has 176 valence electrons. The summed E-state index contributed by atoms with van der Waals surface area (Å²) in [6.07, 6.45) is 1.47. The molecule has 2 aromatic heterocycles. The van der Waals surface area contributed by atoms with Crippen molar-refractivity contribution in [1.29, 1.82) is 0 Å². The summed E-state index contributed by atoms with van der Waals surface area (Å²) in [5, 5.41) is 8.17. The third-order valence-corrected chi connectivity index (χ3v) is 5.07. The average Bonchev–Trinajstić information content (AvgIpc) is 2.78. The maximum atomic E-state index is 11.3. The van der Waals surface area contributed by atoms with E-state index in [-0.39, 0.29) is 0 Å². The highest BCUT2D eigenvalue weighted by atomic mass is 32.2. The van der Waals surface area contributed by atoms with E-state index in [0.717, 1.165) is 39.4 Å². The Labute approximate surface area is 193 Å². The highest BCUT2D eigenvalue weighted by Crippen LogP contribution is 2.31. The molecule has 2 heterocycles. The number of aromatic nitrogens is 2. The van der Waals surface area contributed by atoms with E-state index in [1.54, 1.807) is 18.3 Å². The van der Waals surface area contributed by atoms with Gasteiger partial charge in [-0.3, -0.25) is 14.7 Å². The number of sulfonamides is 1. The number of anilines is 1. The van der Waals surface area contributed by atoms with Crippen molar-refractivity contribution in [2.24, 2.45) is 0 Å². The summed E-state index contributed by atoms with van der Waals surface area (Å²) in [5.41, 5.74) is 5.48. The van der Waals surface area contributed by atoms with E-state index in [1.807, 2.05) is 48.8 Å².